The van der Waals surface area contributed by atoms with E-state index < -0.39 is 0 Å². The Morgan fingerprint density at radius 2 is 2.09 bits per heavy atom. The summed E-state index contributed by atoms with van der Waals surface area (Å²) in [6, 6.07) is 10.6. The maximum atomic E-state index is 12.9. The number of thiophene rings is 1. The van der Waals surface area contributed by atoms with E-state index in [2.05, 4.69) is 41.9 Å². The molecule has 3 nitrogen and oxygen atoms in total. The van der Waals surface area contributed by atoms with E-state index in [1.165, 1.54) is 17.7 Å². The van der Waals surface area contributed by atoms with E-state index in [0.29, 0.717) is 0 Å². The number of nitrogens with zero attached hydrogens (tertiary/aromatic N) is 1. The van der Waals surface area contributed by atoms with Gasteiger partial charge in [0, 0.05) is 17.1 Å². The lowest BCUT2D eigenvalue weighted by molar-refractivity contribution is 0.190. The lowest BCUT2D eigenvalue weighted by atomic mass is 10.1. The maximum Gasteiger partial charge on any atom is 0.322 e. The number of urea groups is 1. The minimum absolute atomic E-state index is 0.0269. The second kappa shape index (κ2) is 7.18. The number of amides is 2. The van der Waals surface area contributed by atoms with E-state index in [9.17, 15) is 4.79 Å². The molecule has 0 aliphatic carbocycles. The highest BCUT2D eigenvalue weighted by molar-refractivity contribution is 7.10. The van der Waals surface area contributed by atoms with Crippen LogP contribution >= 0.6 is 11.3 Å². The van der Waals surface area contributed by atoms with Gasteiger partial charge < -0.3 is 10.2 Å². The molecule has 1 saturated heterocycles. The topological polar surface area (TPSA) is 32.3 Å². The summed E-state index contributed by atoms with van der Waals surface area (Å²) in [5.41, 5.74) is 3.19. The molecule has 3 rings (SSSR count). The number of carbonyl (C=O) groups is 1. The van der Waals surface area contributed by atoms with E-state index in [-0.39, 0.29) is 12.1 Å². The van der Waals surface area contributed by atoms with Crippen molar-refractivity contribution in [3.63, 3.8) is 0 Å². The van der Waals surface area contributed by atoms with Crippen LogP contribution in [-0.2, 0) is 0 Å². The van der Waals surface area contributed by atoms with E-state index in [0.717, 1.165) is 36.2 Å². The Kier molecular flexibility index (Phi) is 5.01. The van der Waals surface area contributed by atoms with E-state index in [1.54, 1.807) is 11.3 Å². The number of anilines is 1. The van der Waals surface area contributed by atoms with Gasteiger partial charge in [-0.1, -0.05) is 31.0 Å². The van der Waals surface area contributed by atoms with Crippen LogP contribution in [-0.4, -0.2) is 17.5 Å². The van der Waals surface area contributed by atoms with E-state index in [1.807, 2.05) is 17.9 Å². The van der Waals surface area contributed by atoms with E-state index in [4.69, 9.17) is 0 Å². The van der Waals surface area contributed by atoms with Gasteiger partial charge in [-0.3, -0.25) is 0 Å². The Hall–Kier alpha value is -1.81. The van der Waals surface area contributed by atoms with Crippen LogP contribution in [0.15, 0.2) is 35.7 Å². The predicted molar refractivity (Wildman–Crippen MR) is 97.2 cm³/mol. The average molecular weight is 328 g/mol. The summed E-state index contributed by atoms with van der Waals surface area (Å²) in [5.74, 6) is 0. The first-order chi connectivity index (χ1) is 11.1. The predicted octanol–water partition coefficient (Wildman–Crippen LogP) is 5.51. The Morgan fingerprint density at radius 3 is 2.87 bits per heavy atom. The minimum atomic E-state index is 0.0269. The van der Waals surface area contributed by atoms with Crippen molar-refractivity contribution in [3.8, 4) is 0 Å². The van der Waals surface area contributed by atoms with Gasteiger partial charge in [-0.2, -0.15) is 0 Å². The molecule has 2 aromatic rings. The van der Waals surface area contributed by atoms with Crippen molar-refractivity contribution in [1.82, 2.24) is 4.90 Å². The van der Waals surface area contributed by atoms with Crippen molar-refractivity contribution in [1.29, 1.82) is 0 Å². The van der Waals surface area contributed by atoms with Crippen LogP contribution in [0, 0.1) is 13.8 Å². The fourth-order valence-electron chi connectivity index (χ4n) is 3.19. The summed E-state index contributed by atoms with van der Waals surface area (Å²) < 4.78 is 0. The molecular formula is C19H24N2OS. The fourth-order valence-corrected chi connectivity index (χ4v) is 4.06. The van der Waals surface area contributed by atoms with Crippen LogP contribution in [0.1, 0.15) is 47.7 Å². The molecule has 1 aliphatic rings. The summed E-state index contributed by atoms with van der Waals surface area (Å²) in [6.07, 6.45) is 4.54. The third kappa shape index (κ3) is 3.75. The zero-order chi connectivity index (χ0) is 16.2. The molecule has 1 aliphatic heterocycles. The molecule has 1 aromatic carbocycles. The molecule has 1 aromatic heterocycles. The number of likely N-dealkylation sites (tertiary alicyclic amines) is 1. The SMILES string of the molecule is Cc1ccc(C)c(NC(=O)N2CCCCC[C@@H]2c2cccs2)c1. The minimum Gasteiger partial charge on any atom is -0.317 e. The lowest BCUT2D eigenvalue weighted by Crippen LogP contribution is -2.37. The summed E-state index contributed by atoms with van der Waals surface area (Å²) in [5, 5.41) is 5.23. The Labute approximate surface area is 142 Å². The molecule has 0 spiro atoms. The highest BCUT2D eigenvalue weighted by Crippen LogP contribution is 2.33. The lowest BCUT2D eigenvalue weighted by Gasteiger charge is -2.30. The molecule has 1 N–H and O–H groups in total. The summed E-state index contributed by atoms with van der Waals surface area (Å²) in [7, 11) is 0. The van der Waals surface area contributed by atoms with Gasteiger partial charge in [-0.05, 0) is 55.3 Å². The molecule has 0 radical (unpaired) electrons. The van der Waals surface area contributed by atoms with Crippen LogP contribution in [0.4, 0.5) is 10.5 Å². The van der Waals surface area contributed by atoms with E-state index >= 15 is 0 Å². The summed E-state index contributed by atoms with van der Waals surface area (Å²) >= 11 is 1.75. The van der Waals surface area contributed by atoms with Gasteiger partial charge in [0.05, 0.1) is 6.04 Å². The molecular weight excluding hydrogens is 304 g/mol. The van der Waals surface area contributed by atoms with Crippen molar-refractivity contribution >= 4 is 23.1 Å². The van der Waals surface area contributed by atoms with Crippen LogP contribution in [0.2, 0.25) is 0 Å². The van der Waals surface area contributed by atoms with Crippen LogP contribution in [0.5, 0.6) is 0 Å². The Balaban J connectivity index is 1.81. The van der Waals surface area contributed by atoms with Crippen molar-refractivity contribution < 1.29 is 4.79 Å². The Morgan fingerprint density at radius 1 is 1.22 bits per heavy atom. The third-order valence-electron chi connectivity index (χ3n) is 4.52. The number of rotatable bonds is 2. The highest BCUT2D eigenvalue weighted by Gasteiger charge is 2.27. The first kappa shape index (κ1) is 16.1. The van der Waals surface area contributed by atoms with Gasteiger partial charge in [0.1, 0.15) is 0 Å². The monoisotopic (exact) mass is 328 g/mol. The van der Waals surface area contributed by atoms with Crippen molar-refractivity contribution in [3.05, 3.63) is 51.7 Å². The van der Waals surface area contributed by atoms with Gasteiger partial charge in [-0.25, -0.2) is 4.79 Å². The van der Waals surface area contributed by atoms with Crippen molar-refractivity contribution in [2.45, 2.75) is 45.6 Å². The molecule has 1 atom stereocenters. The van der Waals surface area contributed by atoms with Crippen LogP contribution in [0.3, 0.4) is 0 Å². The van der Waals surface area contributed by atoms with Gasteiger partial charge >= 0.3 is 6.03 Å². The summed E-state index contributed by atoms with van der Waals surface area (Å²) in [4.78, 5) is 16.2. The zero-order valence-electron chi connectivity index (χ0n) is 13.8. The maximum absolute atomic E-state index is 12.9. The molecule has 1 fully saturated rings. The molecule has 0 unspecified atom stereocenters. The van der Waals surface area contributed by atoms with Gasteiger partial charge in [0.2, 0.25) is 0 Å². The molecule has 0 bridgehead atoms. The van der Waals surface area contributed by atoms with Gasteiger partial charge in [0.25, 0.3) is 0 Å². The fraction of sp³-hybridized carbons (Fsp3) is 0.421. The third-order valence-corrected chi connectivity index (χ3v) is 5.49. The number of carbonyl (C=O) groups excluding carboxylic acids is 1. The standard InChI is InChI=1S/C19H24N2OS/c1-14-9-10-15(2)16(13-14)20-19(22)21-11-5-3-4-7-17(21)18-8-6-12-23-18/h6,8-10,12-13,17H,3-5,7,11H2,1-2H3,(H,20,22)/t17-/m1/s1. The molecule has 4 heteroatoms. The average Bonchev–Trinajstić information content (AvgIpc) is 2.95. The largest absolute Gasteiger partial charge is 0.322 e. The van der Waals surface area contributed by atoms with Crippen molar-refractivity contribution in [2.24, 2.45) is 0 Å². The number of benzene rings is 1. The summed E-state index contributed by atoms with van der Waals surface area (Å²) in [6.45, 7) is 4.92. The first-order valence-corrected chi connectivity index (χ1v) is 9.21. The Bertz CT molecular complexity index is 666. The molecule has 2 heterocycles. The highest BCUT2D eigenvalue weighted by atomic mass is 32.1. The number of nitrogens with one attached hydrogen (secondary N) is 1. The smallest absolute Gasteiger partial charge is 0.317 e. The number of hydrogen-bond donors (Lipinski definition) is 1. The first-order valence-electron chi connectivity index (χ1n) is 8.33. The quantitative estimate of drug-likeness (QED) is 0.774. The number of aryl methyl sites for hydroxylation is 2. The van der Waals surface area contributed by atoms with Gasteiger partial charge in [0.15, 0.2) is 0 Å². The van der Waals surface area contributed by atoms with Crippen LogP contribution in [0.25, 0.3) is 0 Å². The molecule has 2 amide bonds. The molecule has 0 saturated carbocycles. The molecule has 122 valence electrons. The normalized spacial score (nSPS) is 18.5. The second-order valence-corrected chi connectivity index (χ2v) is 7.30. The zero-order valence-corrected chi connectivity index (χ0v) is 14.7. The molecule has 23 heavy (non-hydrogen) atoms. The second-order valence-electron chi connectivity index (χ2n) is 6.32. The van der Waals surface area contributed by atoms with Crippen LogP contribution < -0.4 is 5.32 Å². The van der Waals surface area contributed by atoms with Gasteiger partial charge in [-0.15, -0.1) is 11.3 Å². The van der Waals surface area contributed by atoms with Crippen molar-refractivity contribution in [2.75, 3.05) is 11.9 Å². The number of hydrogen-bond acceptors (Lipinski definition) is 2.